The van der Waals surface area contributed by atoms with E-state index in [0.717, 1.165) is 47.0 Å². The molecular weight excluding hydrogens is 753 g/mol. The van der Waals surface area contributed by atoms with E-state index in [1.807, 2.05) is 53.3 Å². The van der Waals surface area contributed by atoms with Crippen molar-refractivity contribution in [1.82, 2.24) is 18.2 Å². The van der Waals surface area contributed by atoms with Crippen LogP contribution in [0.15, 0.2) is 101 Å². The van der Waals surface area contributed by atoms with Crippen LogP contribution in [0.3, 0.4) is 0 Å². The monoisotopic (exact) mass is 796 g/mol. The van der Waals surface area contributed by atoms with Gasteiger partial charge in [-0.25, -0.2) is 13.1 Å². The largest absolute Gasteiger partial charge is 0.496 e. The summed E-state index contributed by atoms with van der Waals surface area (Å²) in [6, 6.07) is 25.5. The number of amides is 1. The van der Waals surface area contributed by atoms with Gasteiger partial charge in [0.2, 0.25) is 0 Å². The van der Waals surface area contributed by atoms with E-state index in [1.54, 1.807) is 45.1 Å². The van der Waals surface area contributed by atoms with Crippen molar-refractivity contribution >= 4 is 49.3 Å². The second kappa shape index (κ2) is 18.2. The SMILES string of the molecule is COc1cc(CCCN2CCN(S(=O)(=O)N(C)C)CC2)ccc1-c1ccc(C(=O)NS(=O)(=O)c2ccc(NCCSc3ccccc3)c([N+](=O)[O-])c2)cc1. The molecule has 5 rings (SSSR count). The standard InChI is InChI=1S/C37H44N6O8S3/c1-40(2)54(49,50)42-23-21-41(22-24-42)20-7-8-28-11-17-33(36(26-28)51-3)29-12-14-30(15-13-29)37(44)39-53(47,48)32-16-18-34(35(27-32)43(45)46)38-19-25-52-31-9-5-4-6-10-31/h4-6,9-18,26-27,38H,7-8,19-25H2,1-3H3,(H,39,44). The molecule has 4 aromatic carbocycles. The maximum atomic E-state index is 13.1. The Morgan fingerprint density at radius 1 is 0.926 bits per heavy atom. The molecule has 0 spiro atoms. The Balaban J connectivity index is 1.15. The fourth-order valence-corrected chi connectivity index (χ4v) is 8.81. The van der Waals surface area contributed by atoms with E-state index >= 15 is 0 Å². The van der Waals surface area contributed by atoms with Crippen LogP contribution in [0.2, 0.25) is 0 Å². The number of rotatable bonds is 17. The minimum absolute atomic E-state index is 0.0850. The first-order valence-electron chi connectivity index (χ1n) is 17.2. The van der Waals surface area contributed by atoms with E-state index in [9.17, 15) is 31.7 Å². The zero-order valence-corrected chi connectivity index (χ0v) is 32.8. The highest BCUT2D eigenvalue weighted by Crippen LogP contribution is 2.32. The third-order valence-electron chi connectivity index (χ3n) is 8.92. The topological polar surface area (TPSA) is 171 Å². The lowest BCUT2D eigenvalue weighted by Crippen LogP contribution is -2.51. The summed E-state index contributed by atoms with van der Waals surface area (Å²) in [4.78, 5) is 27.1. The number of hydrogen-bond donors (Lipinski definition) is 2. The van der Waals surface area contributed by atoms with Crippen molar-refractivity contribution in [2.24, 2.45) is 0 Å². The van der Waals surface area contributed by atoms with Crippen LogP contribution in [0.5, 0.6) is 5.75 Å². The summed E-state index contributed by atoms with van der Waals surface area (Å²) in [6.07, 6.45) is 1.69. The molecule has 1 fully saturated rings. The quantitative estimate of drug-likeness (QED) is 0.0642. The van der Waals surface area contributed by atoms with Gasteiger partial charge in [0.25, 0.3) is 31.8 Å². The third kappa shape index (κ3) is 10.4. The van der Waals surface area contributed by atoms with Gasteiger partial charge < -0.3 is 15.0 Å². The summed E-state index contributed by atoms with van der Waals surface area (Å²) >= 11 is 1.58. The molecule has 0 radical (unpaired) electrons. The number of nitro groups is 1. The van der Waals surface area contributed by atoms with Gasteiger partial charge in [0.15, 0.2) is 0 Å². The summed E-state index contributed by atoms with van der Waals surface area (Å²) in [5, 5.41) is 14.8. The number of sulfonamides is 1. The Kier molecular flexibility index (Phi) is 13.7. The van der Waals surface area contributed by atoms with Gasteiger partial charge in [-0.1, -0.05) is 42.5 Å². The molecule has 0 saturated carbocycles. The smallest absolute Gasteiger partial charge is 0.293 e. The molecule has 0 atom stereocenters. The Morgan fingerprint density at radius 3 is 2.28 bits per heavy atom. The Morgan fingerprint density at radius 2 is 1.63 bits per heavy atom. The van der Waals surface area contributed by atoms with E-state index in [-0.39, 0.29) is 11.3 Å². The van der Waals surface area contributed by atoms with Gasteiger partial charge in [-0.15, -0.1) is 11.8 Å². The lowest BCUT2D eigenvalue weighted by molar-refractivity contribution is -0.384. The van der Waals surface area contributed by atoms with E-state index in [4.69, 9.17) is 4.74 Å². The van der Waals surface area contributed by atoms with Gasteiger partial charge in [0.05, 0.1) is 16.9 Å². The van der Waals surface area contributed by atoms with Gasteiger partial charge in [0.1, 0.15) is 11.4 Å². The van der Waals surface area contributed by atoms with E-state index in [0.29, 0.717) is 44.2 Å². The molecule has 2 N–H and O–H groups in total. The second-order valence-electron chi connectivity index (χ2n) is 12.7. The molecule has 1 aliphatic rings. The average molecular weight is 797 g/mol. The van der Waals surface area contributed by atoms with Crippen molar-refractivity contribution < 1.29 is 31.3 Å². The van der Waals surface area contributed by atoms with Crippen LogP contribution in [0.25, 0.3) is 11.1 Å². The summed E-state index contributed by atoms with van der Waals surface area (Å²) in [5.41, 5.74) is 2.46. The van der Waals surface area contributed by atoms with Crippen LogP contribution in [-0.2, 0) is 26.7 Å². The van der Waals surface area contributed by atoms with Crippen LogP contribution < -0.4 is 14.8 Å². The molecule has 17 heteroatoms. The number of nitrogens with zero attached hydrogens (tertiary/aromatic N) is 4. The molecule has 0 unspecified atom stereocenters. The van der Waals surface area contributed by atoms with Crippen molar-refractivity contribution in [1.29, 1.82) is 0 Å². The van der Waals surface area contributed by atoms with Gasteiger partial charge in [0, 0.05) is 74.7 Å². The molecule has 1 amide bonds. The first-order valence-corrected chi connectivity index (χ1v) is 21.1. The van der Waals surface area contributed by atoms with Gasteiger partial charge in [-0.3, -0.25) is 14.9 Å². The van der Waals surface area contributed by atoms with Gasteiger partial charge in [-0.2, -0.15) is 17.0 Å². The number of carbonyl (C=O) groups excluding carboxylic acids is 1. The molecule has 0 bridgehead atoms. The van der Waals surface area contributed by atoms with Crippen LogP contribution in [0, 0.1) is 10.1 Å². The zero-order valence-electron chi connectivity index (χ0n) is 30.3. The van der Waals surface area contributed by atoms with Crippen LogP contribution >= 0.6 is 11.8 Å². The molecule has 0 aromatic heterocycles. The first-order chi connectivity index (χ1) is 25.8. The number of benzene rings is 4. The van der Waals surface area contributed by atoms with Crippen LogP contribution in [0.4, 0.5) is 11.4 Å². The molecule has 1 heterocycles. The summed E-state index contributed by atoms with van der Waals surface area (Å²) in [7, 11) is -3.17. The molecule has 4 aromatic rings. The van der Waals surface area contributed by atoms with Crippen molar-refractivity contribution in [2.45, 2.75) is 22.6 Å². The molecule has 1 aliphatic heterocycles. The van der Waals surface area contributed by atoms with Crippen LogP contribution in [-0.4, -0.2) is 107 Å². The number of thioether (sulfide) groups is 1. The number of anilines is 1. The van der Waals surface area contributed by atoms with E-state index in [2.05, 4.69) is 10.2 Å². The van der Waals surface area contributed by atoms with Crippen molar-refractivity contribution in [3.8, 4) is 16.9 Å². The van der Waals surface area contributed by atoms with Gasteiger partial charge in [-0.05, 0) is 73.0 Å². The highest BCUT2D eigenvalue weighted by Gasteiger charge is 2.28. The summed E-state index contributed by atoms with van der Waals surface area (Å²) in [6.45, 7) is 3.53. The predicted octanol–water partition coefficient (Wildman–Crippen LogP) is 4.95. The summed E-state index contributed by atoms with van der Waals surface area (Å²) in [5.74, 6) is 0.390. The molecule has 288 valence electrons. The van der Waals surface area contributed by atoms with E-state index < -0.39 is 41.6 Å². The lowest BCUT2D eigenvalue weighted by Gasteiger charge is -2.35. The number of hydrogen-bond acceptors (Lipinski definition) is 11. The Hall–Kier alpha value is -4.52. The fourth-order valence-electron chi connectivity index (χ4n) is 5.94. The number of nitrogens with one attached hydrogen (secondary N) is 2. The second-order valence-corrected chi connectivity index (χ2v) is 17.7. The molecule has 1 saturated heterocycles. The van der Waals surface area contributed by atoms with Crippen molar-refractivity contribution in [3.63, 3.8) is 0 Å². The normalized spacial score (nSPS) is 14.1. The maximum Gasteiger partial charge on any atom is 0.293 e. The number of ether oxygens (including phenoxy) is 1. The zero-order chi connectivity index (χ0) is 38.9. The van der Waals surface area contributed by atoms with Gasteiger partial charge >= 0.3 is 0 Å². The first kappa shape index (κ1) is 40.7. The molecule has 54 heavy (non-hydrogen) atoms. The third-order valence-corrected chi connectivity index (χ3v) is 13.2. The fraction of sp³-hybridized carbons (Fsp3) is 0.324. The number of carbonyl (C=O) groups is 1. The van der Waals surface area contributed by atoms with Crippen LogP contribution in [0.1, 0.15) is 22.3 Å². The highest BCUT2D eigenvalue weighted by atomic mass is 32.2. The van der Waals surface area contributed by atoms with Crippen molar-refractivity contribution in [2.75, 3.05) is 71.5 Å². The molecule has 14 nitrogen and oxygen atoms in total. The average Bonchev–Trinajstić information content (AvgIpc) is 3.16. The Labute approximate surface area is 320 Å². The number of methoxy groups -OCH3 is 1. The number of aryl methyl sites for hydroxylation is 1. The highest BCUT2D eigenvalue weighted by molar-refractivity contribution is 7.99. The predicted molar refractivity (Wildman–Crippen MR) is 211 cm³/mol. The molecule has 0 aliphatic carbocycles. The number of nitro benzene ring substituents is 1. The minimum Gasteiger partial charge on any atom is -0.496 e. The number of piperazine rings is 1. The Bertz CT molecular complexity index is 2140. The minimum atomic E-state index is -4.43. The van der Waals surface area contributed by atoms with Crippen molar-refractivity contribution in [3.05, 3.63) is 112 Å². The summed E-state index contributed by atoms with van der Waals surface area (Å²) < 4.78 is 61.5. The molecular formula is C37H44N6O8S3. The van der Waals surface area contributed by atoms with E-state index in [1.165, 1.54) is 32.9 Å². The lowest BCUT2D eigenvalue weighted by atomic mass is 9.99. The maximum absolute atomic E-state index is 13.1.